The maximum atomic E-state index is 6.26. The van der Waals surface area contributed by atoms with E-state index in [1.807, 2.05) is 6.07 Å². The molecular weight excluding hydrogens is 266 g/mol. The Bertz CT molecular complexity index is 625. The van der Waals surface area contributed by atoms with Gasteiger partial charge in [-0.3, -0.25) is 5.10 Å². The number of nitrogens with two attached hydrogens (primary N) is 1. The fraction of sp³-hybridized carbons (Fsp3) is 0.308. The lowest BCUT2D eigenvalue weighted by Crippen LogP contribution is -2.17. The minimum Gasteiger partial charge on any atom is -0.486 e. The third-order valence-electron chi connectivity index (χ3n) is 3.11. The molecule has 0 saturated heterocycles. The molecule has 1 aromatic carbocycles. The number of halogens is 1. The summed E-state index contributed by atoms with van der Waals surface area (Å²) in [6.45, 7) is 3.11. The molecule has 1 aromatic heterocycles. The molecule has 0 radical (unpaired) electrons. The lowest BCUT2D eigenvalue weighted by Gasteiger charge is -2.23. The highest BCUT2D eigenvalue weighted by atomic mass is 35.5. The fourth-order valence-corrected chi connectivity index (χ4v) is 2.54. The van der Waals surface area contributed by atoms with E-state index >= 15 is 0 Å². The van der Waals surface area contributed by atoms with E-state index < -0.39 is 0 Å². The van der Waals surface area contributed by atoms with Gasteiger partial charge >= 0.3 is 0 Å². The molecule has 2 aromatic rings. The van der Waals surface area contributed by atoms with Gasteiger partial charge in [0.05, 0.1) is 10.7 Å². The Hall–Kier alpha value is -1.88. The summed E-state index contributed by atoms with van der Waals surface area (Å²) in [6.07, 6.45) is 0.803. The van der Waals surface area contributed by atoms with Crippen molar-refractivity contribution in [2.45, 2.75) is 13.3 Å². The summed E-state index contributed by atoms with van der Waals surface area (Å²) < 4.78 is 11.3. The van der Waals surface area contributed by atoms with Gasteiger partial charge < -0.3 is 15.2 Å². The second-order valence-corrected chi connectivity index (χ2v) is 4.71. The summed E-state index contributed by atoms with van der Waals surface area (Å²) in [6, 6.07) is 3.64. The van der Waals surface area contributed by atoms with E-state index in [1.165, 1.54) is 0 Å². The average molecular weight is 280 g/mol. The molecule has 3 rings (SSSR count). The first-order valence-electron chi connectivity index (χ1n) is 6.13. The van der Waals surface area contributed by atoms with Crippen LogP contribution in [0.2, 0.25) is 5.02 Å². The van der Waals surface area contributed by atoms with Crippen LogP contribution in [-0.4, -0.2) is 23.4 Å². The Morgan fingerprint density at radius 2 is 2.05 bits per heavy atom. The van der Waals surface area contributed by atoms with Crippen LogP contribution in [0.4, 0.5) is 5.82 Å². The van der Waals surface area contributed by atoms with Gasteiger partial charge in [0.15, 0.2) is 11.5 Å². The van der Waals surface area contributed by atoms with Gasteiger partial charge in [-0.05, 0) is 12.5 Å². The molecule has 0 unspecified atom stereocenters. The molecule has 19 heavy (non-hydrogen) atoms. The number of fused-ring (bicyclic) bond motifs is 1. The van der Waals surface area contributed by atoms with Crippen LogP contribution in [0.25, 0.3) is 11.3 Å². The molecule has 5 nitrogen and oxygen atoms in total. The summed E-state index contributed by atoms with van der Waals surface area (Å²) >= 11 is 6.26. The van der Waals surface area contributed by atoms with Gasteiger partial charge in [0.2, 0.25) is 0 Å². The number of nitrogens with zero attached hydrogens (tertiary/aromatic N) is 1. The van der Waals surface area contributed by atoms with Crippen LogP contribution in [0.3, 0.4) is 0 Å². The number of aromatic nitrogens is 2. The maximum Gasteiger partial charge on any atom is 0.180 e. The Balaban J connectivity index is 2.22. The van der Waals surface area contributed by atoms with Gasteiger partial charge in [-0.2, -0.15) is 5.10 Å². The molecule has 0 aliphatic carbocycles. The number of benzene rings is 1. The number of aromatic amines is 1. The van der Waals surface area contributed by atoms with Gasteiger partial charge in [0, 0.05) is 17.2 Å². The number of rotatable bonds is 2. The van der Waals surface area contributed by atoms with Crippen molar-refractivity contribution in [2.24, 2.45) is 0 Å². The summed E-state index contributed by atoms with van der Waals surface area (Å²) in [4.78, 5) is 0. The topological polar surface area (TPSA) is 73.2 Å². The Labute approximate surface area is 115 Å². The van der Waals surface area contributed by atoms with E-state index in [4.69, 9.17) is 26.8 Å². The van der Waals surface area contributed by atoms with Gasteiger partial charge in [-0.25, -0.2) is 0 Å². The van der Waals surface area contributed by atoms with Gasteiger partial charge in [-0.1, -0.05) is 18.5 Å². The molecule has 0 fully saturated rings. The Kier molecular flexibility index (Phi) is 2.98. The second kappa shape index (κ2) is 4.66. The second-order valence-electron chi connectivity index (χ2n) is 4.30. The molecule has 3 N–H and O–H groups in total. The van der Waals surface area contributed by atoms with Crippen molar-refractivity contribution in [1.29, 1.82) is 0 Å². The van der Waals surface area contributed by atoms with Crippen molar-refractivity contribution in [3.05, 3.63) is 22.7 Å². The molecule has 6 heteroatoms. The molecular formula is C13H14ClN3O2. The lowest BCUT2D eigenvalue weighted by atomic mass is 10.00. The third-order valence-corrected chi connectivity index (χ3v) is 3.39. The lowest BCUT2D eigenvalue weighted by molar-refractivity contribution is 0.170. The summed E-state index contributed by atoms with van der Waals surface area (Å²) in [5.74, 6) is 1.80. The van der Waals surface area contributed by atoms with Crippen LogP contribution in [0.15, 0.2) is 12.1 Å². The molecule has 0 atom stereocenters. The molecule has 2 heterocycles. The number of nitrogen functional groups attached to an aromatic ring is 1. The first kappa shape index (κ1) is 12.2. The number of nitrogens with one attached hydrogen (secondary N) is 1. The third kappa shape index (κ3) is 2.00. The molecule has 100 valence electrons. The van der Waals surface area contributed by atoms with Crippen LogP contribution in [0, 0.1) is 0 Å². The number of ether oxygens (including phenoxy) is 2. The molecule has 1 aliphatic rings. The van der Waals surface area contributed by atoms with Crippen LogP contribution >= 0.6 is 11.6 Å². The van der Waals surface area contributed by atoms with E-state index in [1.54, 1.807) is 6.07 Å². The van der Waals surface area contributed by atoms with Gasteiger partial charge in [0.25, 0.3) is 0 Å². The monoisotopic (exact) mass is 279 g/mol. The van der Waals surface area contributed by atoms with Crippen molar-refractivity contribution < 1.29 is 9.47 Å². The quantitative estimate of drug-likeness (QED) is 0.886. The first-order valence-corrected chi connectivity index (χ1v) is 6.50. The number of anilines is 1. The summed E-state index contributed by atoms with van der Waals surface area (Å²) in [7, 11) is 0. The van der Waals surface area contributed by atoms with Crippen molar-refractivity contribution in [3.8, 4) is 22.8 Å². The Morgan fingerprint density at radius 1 is 1.32 bits per heavy atom. The SMILES string of the molecule is CCc1c(-c2cc(N)n[nH]2)cc(Cl)c2c1OCCO2. The zero-order valence-electron chi connectivity index (χ0n) is 10.5. The molecule has 0 bridgehead atoms. The highest BCUT2D eigenvalue weighted by molar-refractivity contribution is 6.32. The van der Waals surface area contributed by atoms with E-state index in [2.05, 4.69) is 17.1 Å². The van der Waals surface area contributed by atoms with E-state index in [0.717, 1.165) is 29.0 Å². The van der Waals surface area contributed by atoms with Crippen molar-refractivity contribution in [2.75, 3.05) is 18.9 Å². The summed E-state index contributed by atoms with van der Waals surface area (Å²) in [5.41, 5.74) is 8.47. The predicted octanol–water partition coefficient (Wildman–Crippen LogP) is 2.65. The van der Waals surface area contributed by atoms with Crippen LogP contribution < -0.4 is 15.2 Å². The van der Waals surface area contributed by atoms with E-state index in [-0.39, 0.29) is 0 Å². The van der Waals surface area contributed by atoms with Gasteiger partial charge in [-0.15, -0.1) is 0 Å². The van der Waals surface area contributed by atoms with Crippen molar-refractivity contribution in [3.63, 3.8) is 0 Å². The number of hydrogen-bond donors (Lipinski definition) is 2. The minimum absolute atomic E-state index is 0.447. The van der Waals surface area contributed by atoms with E-state index in [9.17, 15) is 0 Å². The van der Waals surface area contributed by atoms with E-state index in [0.29, 0.717) is 29.8 Å². The largest absolute Gasteiger partial charge is 0.486 e. The predicted molar refractivity (Wildman–Crippen MR) is 73.8 cm³/mol. The molecule has 0 saturated carbocycles. The minimum atomic E-state index is 0.447. The van der Waals surface area contributed by atoms with Crippen molar-refractivity contribution in [1.82, 2.24) is 10.2 Å². The standard InChI is InChI=1S/C13H14ClN3O2/c1-2-7-8(10-6-11(15)17-16-10)5-9(14)13-12(7)18-3-4-19-13/h5-6H,2-4H2,1H3,(H3,15,16,17). The van der Waals surface area contributed by atoms with Crippen molar-refractivity contribution >= 4 is 17.4 Å². The fourth-order valence-electron chi connectivity index (χ4n) is 2.29. The molecule has 1 aliphatic heterocycles. The van der Waals surface area contributed by atoms with Crippen LogP contribution in [0.5, 0.6) is 11.5 Å². The zero-order valence-corrected chi connectivity index (χ0v) is 11.3. The number of H-pyrrole nitrogens is 1. The smallest absolute Gasteiger partial charge is 0.180 e. The zero-order chi connectivity index (χ0) is 13.4. The average Bonchev–Trinajstić information content (AvgIpc) is 2.85. The first-order chi connectivity index (χ1) is 9.20. The number of hydrogen-bond acceptors (Lipinski definition) is 4. The van der Waals surface area contributed by atoms with Gasteiger partial charge in [0.1, 0.15) is 19.0 Å². The highest BCUT2D eigenvalue weighted by Gasteiger charge is 2.23. The Morgan fingerprint density at radius 3 is 2.68 bits per heavy atom. The maximum absolute atomic E-state index is 6.26. The summed E-state index contributed by atoms with van der Waals surface area (Å²) in [5, 5.41) is 7.39. The highest BCUT2D eigenvalue weighted by Crippen LogP contribution is 2.45. The van der Waals surface area contributed by atoms with Crippen LogP contribution in [-0.2, 0) is 6.42 Å². The molecule has 0 amide bonds. The normalized spacial score (nSPS) is 13.6. The molecule has 0 spiro atoms. The van der Waals surface area contributed by atoms with Crippen LogP contribution in [0.1, 0.15) is 12.5 Å².